The fraction of sp³-hybridized carbons (Fsp3) is 0.400. The van der Waals surface area contributed by atoms with Gasteiger partial charge in [0.05, 0.1) is 10.2 Å². The number of carbonyl (C=O) groups is 1. The molecule has 88 valence electrons. The Labute approximate surface area is 102 Å². The van der Waals surface area contributed by atoms with Gasteiger partial charge in [-0.25, -0.2) is 0 Å². The minimum Gasteiger partial charge on any atom is -0.325 e. The summed E-state index contributed by atoms with van der Waals surface area (Å²) in [6.45, 7) is 0.624. The molecule has 0 unspecified atom stereocenters. The van der Waals surface area contributed by atoms with Crippen LogP contribution < -0.4 is 16.2 Å². The smallest absolute Gasteiger partial charge is 0.264 e. The molecule has 1 aromatic rings. The largest absolute Gasteiger partial charge is 0.325 e. The highest BCUT2D eigenvalue weighted by molar-refractivity contribution is 9.10. The van der Waals surface area contributed by atoms with Crippen LogP contribution in [-0.4, -0.2) is 24.1 Å². The number of aryl methyl sites for hydroxylation is 1. The number of aromatic nitrogens is 1. The first-order valence-corrected chi connectivity index (χ1v) is 5.64. The minimum absolute atomic E-state index is 0.0834. The Hall–Kier alpha value is -1.14. The predicted molar refractivity (Wildman–Crippen MR) is 66.6 cm³/mol. The van der Waals surface area contributed by atoms with Crippen LogP contribution in [0.1, 0.15) is 6.42 Å². The molecule has 1 heterocycles. The summed E-state index contributed by atoms with van der Waals surface area (Å²) >= 11 is 3.14. The molecular formula is C10H14BrN3O2. The van der Waals surface area contributed by atoms with Crippen molar-refractivity contribution in [3.8, 4) is 0 Å². The molecule has 6 heteroatoms. The molecule has 0 saturated heterocycles. The van der Waals surface area contributed by atoms with Crippen LogP contribution in [0.25, 0.3) is 0 Å². The third-order valence-electron chi connectivity index (χ3n) is 2.03. The molecule has 0 saturated carbocycles. The Morgan fingerprint density at radius 1 is 1.56 bits per heavy atom. The SMILES string of the molecule is CNCCC(=O)Nc1cc(Br)c(=O)n(C)c1. The van der Waals surface area contributed by atoms with E-state index in [1.54, 1.807) is 26.4 Å². The lowest BCUT2D eigenvalue weighted by molar-refractivity contribution is -0.116. The number of nitrogens with zero attached hydrogens (tertiary/aromatic N) is 1. The van der Waals surface area contributed by atoms with Gasteiger partial charge in [0.2, 0.25) is 5.91 Å². The van der Waals surface area contributed by atoms with Gasteiger partial charge in [0, 0.05) is 26.2 Å². The number of halogens is 1. The van der Waals surface area contributed by atoms with Crippen LogP contribution in [0, 0.1) is 0 Å². The summed E-state index contributed by atoms with van der Waals surface area (Å²) in [4.78, 5) is 22.8. The van der Waals surface area contributed by atoms with Gasteiger partial charge in [0.15, 0.2) is 0 Å². The number of hydrogen-bond acceptors (Lipinski definition) is 3. The standard InChI is InChI=1S/C10H14BrN3O2/c1-12-4-3-9(15)13-7-5-8(11)10(16)14(2)6-7/h5-6,12H,3-4H2,1-2H3,(H,13,15). The highest BCUT2D eigenvalue weighted by atomic mass is 79.9. The van der Waals surface area contributed by atoms with Gasteiger partial charge in [-0.3, -0.25) is 9.59 Å². The number of anilines is 1. The molecule has 0 aliphatic rings. The minimum atomic E-state index is -0.131. The van der Waals surface area contributed by atoms with E-state index in [1.165, 1.54) is 4.57 Å². The molecule has 0 aliphatic heterocycles. The molecule has 0 fully saturated rings. The normalized spacial score (nSPS) is 10.2. The van der Waals surface area contributed by atoms with Crippen LogP contribution in [0.3, 0.4) is 0 Å². The van der Waals surface area contributed by atoms with Gasteiger partial charge < -0.3 is 15.2 Å². The Bertz CT molecular complexity index is 416. The molecule has 1 amide bonds. The molecule has 0 aliphatic carbocycles. The third kappa shape index (κ3) is 3.46. The Kier molecular flexibility index (Phi) is 4.70. The van der Waals surface area contributed by atoms with E-state index in [0.717, 1.165) is 0 Å². The van der Waals surface area contributed by atoms with Crippen molar-refractivity contribution in [1.29, 1.82) is 0 Å². The number of hydrogen-bond donors (Lipinski definition) is 2. The molecule has 1 aromatic heterocycles. The highest BCUT2D eigenvalue weighted by Gasteiger charge is 2.05. The molecule has 16 heavy (non-hydrogen) atoms. The molecule has 2 N–H and O–H groups in total. The molecule has 5 nitrogen and oxygen atoms in total. The highest BCUT2D eigenvalue weighted by Crippen LogP contribution is 2.11. The molecule has 0 bridgehead atoms. The lowest BCUT2D eigenvalue weighted by Gasteiger charge is -2.07. The Morgan fingerprint density at radius 2 is 2.25 bits per heavy atom. The summed E-state index contributed by atoms with van der Waals surface area (Å²) < 4.78 is 1.85. The maximum Gasteiger partial charge on any atom is 0.264 e. The van der Waals surface area contributed by atoms with Crippen molar-refractivity contribution in [2.24, 2.45) is 7.05 Å². The van der Waals surface area contributed by atoms with Gasteiger partial charge in [-0.15, -0.1) is 0 Å². The van der Waals surface area contributed by atoms with Gasteiger partial charge in [-0.1, -0.05) is 0 Å². The lowest BCUT2D eigenvalue weighted by Crippen LogP contribution is -2.21. The summed E-state index contributed by atoms with van der Waals surface area (Å²) in [6, 6.07) is 1.60. The van der Waals surface area contributed by atoms with E-state index in [2.05, 4.69) is 26.6 Å². The predicted octanol–water partition coefficient (Wildman–Crippen LogP) is 0.696. The van der Waals surface area contributed by atoms with E-state index in [0.29, 0.717) is 23.1 Å². The number of rotatable bonds is 4. The van der Waals surface area contributed by atoms with Crippen molar-refractivity contribution in [2.45, 2.75) is 6.42 Å². The summed E-state index contributed by atoms with van der Waals surface area (Å²) in [7, 11) is 3.42. The second-order valence-electron chi connectivity index (χ2n) is 3.39. The molecule has 0 aromatic carbocycles. The second kappa shape index (κ2) is 5.81. The van der Waals surface area contributed by atoms with Crippen molar-refractivity contribution in [1.82, 2.24) is 9.88 Å². The fourth-order valence-electron chi connectivity index (χ4n) is 1.20. The Balaban J connectivity index is 2.75. The average Bonchev–Trinajstić information content (AvgIpc) is 2.23. The maximum absolute atomic E-state index is 11.4. The third-order valence-corrected chi connectivity index (χ3v) is 2.59. The lowest BCUT2D eigenvalue weighted by atomic mass is 10.3. The van der Waals surface area contributed by atoms with Crippen LogP contribution in [0.15, 0.2) is 21.5 Å². The van der Waals surface area contributed by atoms with Crippen molar-refractivity contribution in [3.63, 3.8) is 0 Å². The molecule has 0 spiro atoms. The van der Waals surface area contributed by atoms with E-state index in [-0.39, 0.29) is 11.5 Å². The van der Waals surface area contributed by atoms with Crippen LogP contribution in [0.5, 0.6) is 0 Å². The summed E-state index contributed by atoms with van der Waals surface area (Å²) in [6.07, 6.45) is 1.99. The number of pyridine rings is 1. The quantitative estimate of drug-likeness (QED) is 0.857. The van der Waals surface area contributed by atoms with E-state index in [9.17, 15) is 9.59 Å². The van der Waals surface area contributed by atoms with Crippen molar-refractivity contribution >= 4 is 27.5 Å². The van der Waals surface area contributed by atoms with E-state index in [1.807, 2.05) is 0 Å². The molecular weight excluding hydrogens is 274 g/mol. The Morgan fingerprint density at radius 3 is 2.81 bits per heavy atom. The second-order valence-corrected chi connectivity index (χ2v) is 4.25. The van der Waals surface area contributed by atoms with E-state index < -0.39 is 0 Å². The van der Waals surface area contributed by atoms with Crippen LogP contribution >= 0.6 is 15.9 Å². The van der Waals surface area contributed by atoms with Gasteiger partial charge in [-0.2, -0.15) is 0 Å². The number of nitrogens with one attached hydrogen (secondary N) is 2. The fourth-order valence-corrected chi connectivity index (χ4v) is 1.73. The average molecular weight is 288 g/mol. The van der Waals surface area contributed by atoms with Crippen LogP contribution in [-0.2, 0) is 11.8 Å². The first kappa shape index (κ1) is 12.9. The van der Waals surface area contributed by atoms with E-state index in [4.69, 9.17) is 0 Å². The van der Waals surface area contributed by atoms with Crippen molar-refractivity contribution < 1.29 is 4.79 Å². The van der Waals surface area contributed by atoms with Gasteiger partial charge in [0.25, 0.3) is 5.56 Å². The zero-order chi connectivity index (χ0) is 12.1. The first-order valence-electron chi connectivity index (χ1n) is 4.85. The van der Waals surface area contributed by atoms with Crippen LogP contribution in [0.4, 0.5) is 5.69 Å². The van der Waals surface area contributed by atoms with Gasteiger partial charge in [-0.05, 0) is 29.0 Å². The number of amides is 1. The number of carbonyl (C=O) groups excluding carboxylic acids is 1. The summed E-state index contributed by atoms with van der Waals surface area (Å²) in [5, 5.41) is 5.61. The first-order chi connectivity index (χ1) is 7.54. The summed E-state index contributed by atoms with van der Waals surface area (Å²) in [5.41, 5.74) is 0.475. The van der Waals surface area contributed by atoms with Crippen molar-refractivity contribution in [2.75, 3.05) is 18.9 Å². The zero-order valence-corrected chi connectivity index (χ0v) is 10.8. The molecule has 0 radical (unpaired) electrons. The maximum atomic E-state index is 11.4. The van der Waals surface area contributed by atoms with E-state index >= 15 is 0 Å². The van der Waals surface area contributed by atoms with Gasteiger partial charge in [0.1, 0.15) is 0 Å². The van der Waals surface area contributed by atoms with Crippen LogP contribution in [0.2, 0.25) is 0 Å². The molecule has 0 atom stereocenters. The topological polar surface area (TPSA) is 63.1 Å². The zero-order valence-electron chi connectivity index (χ0n) is 9.21. The van der Waals surface area contributed by atoms with Crippen molar-refractivity contribution in [3.05, 3.63) is 27.1 Å². The monoisotopic (exact) mass is 287 g/mol. The molecule has 1 rings (SSSR count). The van der Waals surface area contributed by atoms with Gasteiger partial charge >= 0.3 is 0 Å². The summed E-state index contributed by atoms with van der Waals surface area (Å²) in [5.74, 6) is -0.0834.